The predicted octanol–water partition coefficient (Wildman–Crippen LogP) is -2.69. The maximum absolute atomic E-state index is 11.5. The molecule has 0 aliphatic carbocycles. The number of anilines is 1. The van der Waals surface area contributed by atoms with Crippen LogP contribution >= 0.6 is 0 Å². The number of nitrogens with two attached hydrogens (primary N) is 1. The lowest BCUT2D eigenvalue weighted by molar-refractivity contribution is -0.0269. The van der Waals surface area contributed by atoms with E-state index in [1.165, 1.54) is 16.8 Å². The molecular formula is C10H15N3O5. The number of nitrogens with zero attached hydrogens (tertiary/aromatic N) is 2. The second-order valence-corrected chi connectivity index (χ2v) is 4.16. The normalized spacial score (nSPS) is 31.7. The van der Waals surface area contributed by atoms with Crippen molar-refractivity contribution in [2.24, 2.45) is 0 Å². The molecule has 8 nitrogen and oxygen atoms in total. The first-order chi connectivity index (χ1) is 8.52. The second kappa shape index (κ2) is 5.02. The summed E-state index contributed by atoms with van der Waals surface area (Å²) in [6.45, 7) is -0.371. The SMILES string of the molecule is Nc1ccn(CC2OC(CO)C(O)C2O)c(=O)n1. The van der Waals surface area contributed by atoms with Crippen molar-refractivity contribution in [3.8, 4) is 0 Å². The maximum atomic E-state index is 11.5. The summed E-state index contributed by atoms with van der Waals surface area (Å²) < 4.78 is 6.47. The third-order valence-electron chi connectivity index (χ3n) is 2.91. The molecular weight excluding hydrogens is 242 g/mol. The number of nitrogen functional groups attached to an aromatic ring is 1. The van der Waals surface area contributed by atoms with Crippen LogP contribution in [0, 0.1) is 0 Å². The van der Waals surface area contributed by atoms with Crippen LogP contribution in [-0.4, -0.2) is 55.9 Å². The first-order valence-corrected chi connectivity index (χ1v) is 5.48. The van der Waals surface area contributed by atoms with Gasteiger partial charge in [-0.05, 0) is 6.07 Å². The fourth-order valence-electron chi connectivity index (χ4n) is 1.90. The van der Waals surface area contributed by atoms with Gasteiger partial charge in [-0.2, -0.15) is 4.98 Å². The number of ether oxygens (including phenoxy) is 1. The fraction of sp³-hybridized carbons (Fsp3) is 0.600. The minimum absolute atomic E-state index is 0.0286. The van der Waals surface area contributed by atoms with Crippen molar-refractivity contribution < 1.29 is 20.1 Å². The molecule has 2 heterocycles. The summed E-state index contributed by atoms with van der Waals surface area (Å²) in [4.78, 5) is 15.0. The van der Waals surface area contributed by atoms with Crippen molar-refractivity contribution in [2.45, 2.75) is 31.0 Å². The number of aliphatic hydroxyl groups is 3. The summed E-state index contributed by atoms with van der Waals surface area (Å²) in [6.07, 6.45) is -2.52. The molecule has 1 aliphatic rings. The molecule has 8 heteroatoms. The van der Waals surface area contributed by atoms with Gasteiger partial charge in [0, 0.05) is 6.20 Å². The lowest BCUT2D eigenvalue weighted by Crippen LogP contribution is -2.37. The van der Waals surface area contributed by atoms with E-state index in [0.717, 1.165) is 0 Å². The van der Waals surface area contributed by atoms with Gasteiger partial charge in [0.05, 0.1) is 13.2 Å². The highest BCUT2D eigenvalue weighted by Crippen LogP contribution is 2.21. The van der Waals surface area contributed by atoms with Crippen molar-refractivity contribution >= 4 is 5.82 Å². The van der Waals surface area contributed by atoms with Gasteiger partial charge in [-0.1, -0.05) is 0 Å². The van der Waals surface area contributed by atoms with Crippen molar-refractivity contribution in [1.29, 1.82) is 0 Å². The Morgan fingerprint density at radius 1 is 1.39 bits per heavy atom. The molecule has 4 atom stereocenters. The van der Waals surface area contributed by atoms with Crippen molar-refractivity contribution in [2.75, 3.05) is 12.3 Å². The topological polar surface area (TPSA) is 131 Å². The van der Waals surface area contributed by atoms with E-state index in [4.69, 9.17) is 15.6 Å². The van der Waals surface area contributed by atoms with Gasteiger partial charge in [0.15, 0.2) is 0 Å². The van der Waals surface area contributed by atoms with E-state index in [0.29, 0.717) is 0 Å². The third kappa shape index (κ3) is 2.36. The van der Waals surface area contributed by atoms with Gasteiger partial charge in [0.1, 0.15) is 30.2 Å². The van der Waals surface area contributed by atoms with Crippen LogP contribution in [0.5, 0.6) is 0 Å². The maximum Gasteiger partial charge on any atom is 0.349 e. The molecule has 0 spiro atoms. The Morgan fingerprint density at radius 2 is 2.06 bits per heavy atom. The Bertz CT molecular complexity index is 477. The van der Waals surface area contributed by atoms with E-state index < -0.39 is 36.7 Å². The van der Waals surface area contributed by atoms with Gasteiger partial charge in [-0.3, -0.25) is 4.57 Å². The Hall–Kier alpha value is -1.48. The highest BCUT2D eigenvalue weighted by atomic mass is 16.6. The Balaban J connectivity index is 2.13. The molecule has 0 radical (unpaired) electrons. The van der Waals surface area contributed by atoms with Crippen LogP contribution in [-0.2, 0) is 11.3 Å². The Labute approximate surface area is 102 Å². The summed E-state index contributed by atoms with van der Waals surface area (Å²) in [5.74, 6) is 0.109. The molecule has 1 aliphatic heterocycles. The zero-order chi connectivity index (χ0) is 13.3. The average Bonchev–Trinajstić information content (AvgIpc) is 2.60. The minimum atomic E-state index is -1.17. The van der Waals surface area contributed by atoms with Crippen LogP contribution in [0.3, 0.4) is 0 Å². The quantitative estimate of drug-likeness (QED) is 0.463. The van der Waals surface area contributed by atoms with Gasteiger partial charge in [-0.15, -0.1) is 0 Å². The van der Waals surface area contributed by atoms with Crippen LogP contribution in [0.15, 0.2) is 17.1 Å². The Morgan fingerprint density at radius 3 is 2.61 bits per heavy atom. The standard InChI is InChI=1S/C10H15N3O5/c11-7-1-2-13(10(17)12-7)3-5-8(15)9(16)6(4-14)18-5/h1-2,5-6,8-9,14-16H,3-4H2,(H2,11,12,17). The van der Waals surface area contributed by atoms with Crippen molar-refractivity contribution in [3.63, 3.8) is 0 Å². The van der Waals surface area contributed by atoms with E-state index in [2.05, 4.69) is 4.98 Å². The van der Waals surface area contributed by atoms with Gasteiger partial charge >= 0.3 is 5.69 Å². The van der Waals surface area contributed by atoms with Gasteiger partial charge < -0.3 is 25.8 Å². The molecule has 1 saturated heterocycles. The van der Waals surface area contributed by atoms with Crippen molar-refractivity contribution in [1.82, 2.24) is 9.55 Å². The summed E-state index contributed by atoms with van der Waals surface area (Å²) in [5, 5.41) is 28.2. The summed E-state index contributed by atoms with van der Waals surface area (Å²) in [6, 6.07) is 1.45. The number of rotatable bonds is 3. The molecule has 1 fully saturated rings. The number of hydrogen-bond acceptors (Lipinski definition) is 7. The van der Waals surface area contributed by atoms with E-state index in [1.54, 1.807) is 0 Å². The Kier molecular flexibility index (Phi) is 3.62. The first-order valence-electron chi connectivity index (χ1n) is 5.48. The fourth-order valence-corrected chi connectivity index (χ4v) is 1.90. The number of aromatic nitrogens is 2. The number of hydrogen-bond donors (Lipinski definition) is 4. The van der Waals surface area contributed by atoms with Crippen LogP contribution in [0.25, 0.3) is 0 Å². The van der Waals surface area contributed by atoms with Gasteiger partial charge in [0.2, 0.25) is 0 Å². The van der Waals surface area contributed by atoms with E-state index in [-0.39, 0.29) is 12.4 Å². The van der Waals surface area contributed by atoms with Crippen LogP contribution < -0.4 is 11.4 Å². The monoisotopic (exact) mass is 257 g/mol. The molecule has 0 bridgehead atoms. The summed E-state index contributed by atoms with van der Waals surface area (Å²) in [5.41, 5.74) is 4.79. The summed E-state index contributed by atoms with van der Waals surface area (Å²) >= 11 is 0. The van der Waals surface area contributed by atoms with Crippen LogP contribution in [0.2, 0.25) is 0 Å². The third-order valence-corrected chi connectivity index (χ3v) is 2.91. The highest BCUT2D eigenvalue weighted by molar-refractivity contribution is 5.23. The molecule has 1 aromatic rings. The first kappa shape index (κ1) is 13.0. The molecule has 18 heavy (non-hydrogen) atoms. The van der Waals surface area contributed by atoms with E-state index in [9.17, 15) is 15.0 Å². The minimum Gasteiger partial charge on any atom is -0.394 e. The van der Waals surface area contributed by atoms with E-state index >= 15 is 0 Å². The molecule has 0 amide bonds. The zero-order valence-electron chi connectivity index (χ0n) is 9.51. The van der Waals surface area contributed by atoms with Gasteiger partial charge in [-0.25, -0.2) is 4.79 Å². The smallest absolute Gasteiger partial charge is 0.349 e. The molecule has 1 aromatic heterocycles. The molecule has 0 aromatic carbocycles. The van der Waals surface area contributed by atoms with Crippen LogP contribution in [0.1, 0.15) is 0 Å². The van der Waals surface area contributed by atoms with Crippen LogP contribution in [0.4, 0.5) is 5.82 Å². The average molecular weight is 257 g/mol. The molecule has 100 valence electrons. The second-order valence-electron chi connectivity index (χ2n) is 4.16. The number of aliphatic hydroxyl groups excluding tert-OH is 3. The predicted molar refractivity (Wildman–Crippen MR) is 60.7 cm³/mol. The largest absolute Gasteiger partial charge is 0.394 e. The highest BCUT2D eigenvalue weighted by Gasteiger charge is 2.42. The lowest BCUT2D eigenvalue weighted by Gasteiger charge is -2.15. The van der Waals surface area contributed by atoms with Crippen molar-refractivity contribution in [3.05, 3.63) is 22.7 Å². The van der Waals surface area contributed by atoms with Gasteiger partial charge in [0.25, 0.3) is 0 Å². The molecule has 2 rings (SSSR count). The van der Waals surface area contributed by atoms with E-state index in [1.807, 2.05) is 0 Å². The summed E-state index contributed by atoms with van der Waals surface area (Å²) in [7, 11) is 0. The zero-order valence-corrected chi connectivity index (χ0v) is 9.51. The lowest BCUT2D eigenvalue weighted by atomic mass is 10.1. The molecule has 5 N–H and O–H groups in total. The molecule has 4 unspecified atom stereocenters. The molecule has 0 saturated carbocycles.